The van der Waals surface area contributed by atoms with Gasteiger partial charge in [-0.25, -0.2) is 0 Å². The molecule has 0 spiro atoms. The summed E-state index contributed by atoms with van der Waals surface area (Å²) in [5, 5.41) is 16.5. The van der Waals surface area contributed by atoms with Gasteiger partial charge in [0.2, 0.25) is 0 Å². The predicted octanol–water partition coefficient (Wildman–Crippen LogP) is 3.90. The summed E-state index contributed by atoms with van der Waals surface area (Å²) in [7, 11) is 0. The molecule has 7 rings (SSSR count). The van der Waals surface area contributed by atoms with E-state index in [4.69, 9.17) is 16.0 Å². The zero-order valence-corrected chi connectivity index (χ0v) is 16.8. The van der Waals surface area contributed by atoms with Crippen LogP contribution < -0.4 is 0 Å². The van der Waals surface area contributed by atoms with Gasteiger partial charge in [-0.15, -0.1) is 0 Å². The molecule has 4 aliphatic carbocycles. The summed E-state index contributed by atoms with van der Waals surface area (Å²) in [4.78, 5) is 36.4. The van der Waals surface area contributed by atoms with E-state index in [0.29, 0.717) is 33.9 Å². The first-order valence-corrected chi connectivity index (χ1v) is 10.5. The van der Waals surface area contributed by atoms with Crippen LogP contribution in [0.3, 0.4) is 0 Å². The third-order valence-corrected chi connectivity index (χ3v) is 7.32. The molecule has 1 aromatic heterocycles. The van der Waals surface area contributed by atoms with E-state index in [1.807, 2.05) is 0 Å². The van der Waals surface area contributed by atoms with Crippen LogP contribution in [0.1, 0.15) is 12.2 Å². The number of benzene rings is 1. The van der Waals surface area contributed by atoms with Gasteiger partial charge in [-0.2, -0.15) is 10.1 Å². The number of nitro benzene ring substituents is 1. The summed E-state index contributed by atoms with van der Waals surface area (Å²) in [5.74, 6) is 0.869. The molecule has 0 radical (unpaired) electrons. The Morgan fingerprint density at radius 2 is 1.77 bits per heavy atom. The molecule has 1 aromatic carbocycles. The average molecular weight is 438 g/mol. The molecule has 5 aliphatic rings. The second-order valence-corrected chi connectivity index (χ2v) is 8.92. The fraction of sp³-hybridized carbons (Fsp3) is 0.318. The number of furan rings is 1. The van der Waals surface area contributed by atoms with Crippen LogP contribution in [0.25, 0.3) is 11.3 Å². The van der Waals surface area contributed by atoms with Gasteiger partial charge in [0.25, 0.3) is 17.5 Å². The molecular formula is C22H16ClN3O5. The number of carbonyl (C=O) groups is 2. The maximum Gasteiger partial charge on any atom is 0.270 e. The van der Waals surface area contributed by atoms with Crippen molar-refractivity contribution in [2.24, 2.45) is 40.6 Å². The van der Waals surface area contributed by atoms with Crippen molar-refractivity contribution in [1.29, 1.82) is 0 Å². The Kier molecular flexibility index (Phi) is 3.80. The smallest absolute Gasteiger partial charge is 0.270 e. The number of nitro groups is 1. The summed E-state index contributed by atoms with van der Waals surface area (Å²) in [5.41, 5.74) is 0.264. The first-order valence-electron chi connectivity index (χ1n) is 10.1. The van der Waals surface area contributed by atoms with E-state index in [0.717, 1.165) is 11.4 Å². The number of halogens is 1. The van der Waals surface area contributed by atoms with E-state index in [2.05, 4.69) is 17.3 Å². The maximum absolute atomic E-state index is 12.9. The first-order chi connectivity index (χ1) is 14.9. The van der Waals surface area contributed by atoms with Gasteiger partial charge in [0.05, 0.1) is 28.0 Å². The van der Waals surface area contributed by atoms with Crippen molar-refractivity contribution < 1.29 is 18.9 Å². The molecule has 3 fully saturated rings. The summed E-state index contributed by atoms with van der Waals surface area (Å²) in [6.07, 6.45) is 6.65. The van der Waals surface area contributed by atoms with E-state index in [-0.39, 0.29) is 41.2 Å². The Balaban J connectivity index is 1.25. The summed E-state index contributed by atoms with van der Waals surface area (Å²) >= 11 is 6.16. The number of nitrogens with zero attached hydrogens (tertiary/aromatic N) is 3. The summed E-state index contributed by atoms with van der Waals surface area (Å²) in [6, 6.07) is 7.28. The minimum Gasteiger partial charge on any atom is -0.455 e. The Morgan fingerprint density at radius 3 is 2.42 bits per heavy atom. The number of imide groups is 1. The number of carbonyl (C=O) groups excluding carboxylic acids is 2. The lowest BCUT2D eigenvalue weighted by Gasteiger charge is -2.37. The lowest BCUT2D eigenvalue weighted by atomic mass is 9.63. The van der Waals surface area contributed by atoms with Crippen molar-refractivity contribution in [2.75, 3.05) is 0 Å². The lowest BCUT2D eigenvalue weighted by Crippen LogP contribution is -2.40. The van der Waals surface area contributed by atoms with Crippen LogP contribution in [0.2, 0.25) is 5.02 Å². The Labute approximate surface area is 181 Å². The molecule has 9 heteroatoms. The van der Waals surface area contributed by atoms with Crippen LogP contribution in [-0.2, 0) is 9.59 Å². The largest absolute Gasteiger partial charge is 0.455 e. The molecule has 0 N–H and O–H groups in total. The molecule has 1 saturated heterocycles. The lowest BCUT2D eigenvalue weighted by molar-refractivity contribution is -0.384. The van der Waals surface area contributed by atoms with Crippen LogP contribution in [0.15, 0.2) is 52.0 Å². The molecule has 2 saturated carbocycles. The molecule has 0 unspecified atom stereocenters. The highest BCUT2D eigenvalue weighted by Crippen LogP contribution is 2.65. The molecule has 31 heavy (non-hydrogen) atoms. The van der Waals surface area contributed by atoms with E-state index < -0.39 is 4.92 Å². The van der Waals surface area contributed by atoms with Crippen molar-refractivity contribution in [3.8, 4) is 11.3 Å². The fourth-order valence-corrected chi connectivity index (χ4v) is 5.76. The number of non-ortho nitro benzene ring substituents is 1. The van der Waals surface area contributed by atoms with E-state index in [9.17, 15) is 19.7 Å². The zero-order chi connectivity index (χ0) is 21.4. The van der Waals surface area contributed by atoms with E-state index >= 15 is 0 Å². The quantitative estimate of drug-likeness (QED) is 0.237. The van der Waals surface area contributed by atoms with Gasteiger partial charge in [-0.05, 0) is 48.3 Å². The number of rotatable bonds is 4. The number of allylic oxidation sites excluding steroid dienone is 2. The fourth-order valence-electron chi connectivity index (χ4n) is 5.55. The van der Waals surface area contributed by atoms with Crippen LogP contribution in [-0.4, -0.2) is 28.0 Å². The highest BCUT2D eigenvalue weighted by atomic mass is 35.5. The van der Waals surface area contributed by atoms with Gasteiger partial charge in [-0.1, -0.05) is 23.8 Å². The minimum atomic E-state index is -0.513. The predicted molar refractivity (Wildman–Crippen MR) is 110 cm³/mol. The topological polar surface area (TPSA) is 106 Å². The second kappa shape index (κ2) is 6.37. The number of amides is 2. The third-order valence-electron chi connectivity index (χ3n) is 6.99. The van der Waals surface area contributed by atoms with Crippen LogP contribution in [0.5, 0.6) is 0 Å². The molecular weight excluding hydrogens is 422 g/mol. The highest BCUT2D eigenvalue weighted by Gasteiger charge is 2.67. The van der Waals surface area contributed by atoms with E-state index in [1.165, 1.54) is 24.4 Å². The molecule has 8 nitrogen and oxygen atoms in total. The van der Waals surface area contributed by atoms with Crippen molar-refractivity contribution in [1.82, 2.24) is 5.01 Å². The molecule has 2 aromatic rings. The normalized spacial score (nSPS) is 32.6. The highest BCUT2D eigenvalue weighted by molar-refractivity contribution is 6.33. The maximum atomic E-state index is 12.9. The third kappa shape index (κ3) is 2.64. The van der Waals surface area contributed by atoms with Crippen LogP contribution in [0.4, 0.5) is 5.69 Å². The Bertz CT molecular complexity index is 1180. The molecule has 2 amide bonds. The van der Waals surface area contributed by atoms with E-state index in [1.54, 1.807) is 12.1 Å². The number of hydrazone groups is 1. The van der Waals surface area contributed by atoms with Crippen molar-refractivity contribution in [3.05, 3.63) is 63.4 Å². The SMILES string of the molecule is O=C1[C@@H]2[C@H]3C=C[C@@H]([C@@H]4C[C@H]34)[C@@H]2C(=O)N1N=Cc1ccc(-c2cc([N+](=O)[O-])ccc2Cl)o1. The van der Waals surface area contributed by atoms with Gasteiger partial charge >= 0.3 is 0 Å². The van der Waals surface area contributed by atoms with Crippen molar-refractivity contribution in [3.63, 3.8) is 0 Å². The van der Waals surface area contributed by atoms with Gasteiger partial charge in [0.1, 0.15) is 11.5 Å². The van der Waals surface area contributed by atoms with Crippen molar-refractivity contribution in [2.45, 2.75) is 6.42 Å². The van der Waals surface area contributed by atoms with Crippen LogP contribution in [0, 0.1) is 45.6 Å². The second-order valence-electron chi connectivity index (χ2n) is 8.51. The number of hydrogen-bond donors (Lipinski definition) is 0. The molecule has 2 bridgehead atoms. The standard InChI is InChI=1S/C22H16ClN3O5/c23-17-5-1-10(26(29)30)7-16(17)18-6-2-11(31-18)9-24-25-21(27)19-12-3-4-13(15-8-14(12)15)20(19)22(25)28/h1-7,9,12-15,19-20H,8H2/t12-,13-,14-,15+,19-,20+/m0/s1. The molecule has 1 aliphatic heterocycles. The molecule has 156 valence electrons. The van der Waals surface area contributed by atoms with Crippen molar-refractivity contribution >= 4 is 35.3 Å². The van der Waals surface area contributed by atoms with Gasteiger partial charge in [0.15, 0.2) is 0 Å². The number of hydrogen-bond acceptors (Lipinski definition) is 6. The minimum absolute atomic E-state index is 0.108. The van der Waals surface area contributed by atoms with Crippen LogP contribution >= 0.6 is 11.6 Å². The Morgan fingerprint density at radius 1 is 1.10 bits per heavy atom. The monoisotopic (exact) mass is 437 g/mol. The Hall–Kier alpha value is -3.26. The molecule has 6 atom stereocenters. The summed E-state index contributed by atoms with van der Waals surface area (Å²) in [6.45, 7) is 0. The zero-order valence-electron chi connectivity index (χ0n) is 16.1. The molecule has 2 heterocycles. The summed E-state index contributed by atoms with van der Waals surface area (Å²) < 4.78 is 5.69. The first kappa shape index (κ1) is 18.5. The van der Waals surface area contributed by atoms with Gasteiger partial charge in [-0.3, -0.25) is 19.7 Å². The van der Waals surface area contributed by atoms with Gasteiger partial charge < -0.3 is 4.42 Å². The average Bonchev–Trinajstić information content (AvgIpc) is 3.40. The van der Waals surface area contributed by atoms with Gasteiger partial charge in [0, 0.05) is 17.7 Å².